The Morgan fingerprint density at radius 2 is 2.11 bits per heavy atom. The van der Waals surface area contributed by atoms with Gasteiger partial charge in [0.2, 0.25) is 5.56 Å². The third-order valence-corrected chi connectivity index (χ3v) is 2.36. The quantitative estimate of drug-likeness (QED) is 0.744. The van der Waals surface area contributed by atoms with Crippen LogP contribution in [-0.4, -0.2) is 28.6 Å². The summed E-state index contributed by atoms with van der Waals surface area (Å²) in [5.41, 5.74) is -0.117. The van der Waals surface area contributed by atoms with E-state index in [2.05, 4.69) is 10.3 Å². The standard InChI is InChI=1S/C13H20N2O3/c1-13(2,3)7-9(16)8-14-12(18)10-5-4-6-11(17)15-10/h4-6,9,16H,7-8H2,1-3H3,(H,14,18)(H,15,17). The van der Waals surface area contributed by atoms with Gasteiger partial charge < -0.3 is 15.4 Å². The van der Waals surface area contributed by atoms with Crippen molar-refractivity contribution in [3.05, 3.63) is 34.2 Å². The van der Waals surface area contributed by atoms with Gasteiger partial charge in [-0.05, 0) is 17.9 Å². The number of amides is 1. The molecule has 0 aromatic carbocycles. The van der Waals surface area contributed by atoms with E-state index in [1.54, 1.807) is 0 Å². The molecule has 1 aromatic rings. The van der Waals surface area contributed by atoms with Gasteiger partial charge in [0.1, 0.15) is 5.69 Å². The molecule has 1 aromatic heterocycles. The molecule has 0 aliphatic rings. The van der Waals surface area contributed by atoms with Gasteiger partial charge in [0.05, 0.1) is 6.10 Å². The van der Waals surface area contributed by atoms with E-state index in [9.17, 15) is 14.7 Å². The summed E-state index contributed by atoms with van der Waals surface area (Å²) >= 11 is 0. The molecule has 0 bridgehead atoms. The van der Waals surface area contributed by atoms with Crippen LogP contribution in [0.1, 0.15) is 37.7 Å². The highest BCUT2D eigenvalue weighted by molar-refractivity contribution is 5.92. The summed E-state index contributed by atoms with van der Waals surface area (Å²) in [6.45, 7) is 6.24. The Morgan fingerprint density at radius 1 is 1.44 bits per heavy atom. The van der Waals surface area contributed by atoms with Crippen molar-refractivity contribution < 1.29 is 9.90 Å². The molecule has 1 amide bonds. The molecule has 0 spiro atoms. The van der Waals surface area contributed by atoms with Crippen molar-refractivity contribution in [2.45, 2.75) is 33.3 Å². The monoisotopic (exact) mass is 252 g/mol. The molecule has 5 heteroatoms. The van der Waals surface area contributed by atoms with Gasteiger partial charge in [0, 0.05) is 12.6 Å². The maximum atomic E-state index is 11.7. The number of nitrogens with one attached hydrogen (secondary N) is 2. The minimum Gasteiger partial charge on any atom is -0.391 e. The smallest absolute Gasteiger partial charge is 0.267 e. The third kappa shape index (κ3) is 5.14. The molecule has 0 fully saturated rings. The van der Waals surface area contributed by atoms with Crippen LogP contribution in [0.15, 0.2) is 23.0 Å². The first-order valence-electron chi connectivity index (χ1n) is 5.93. The van der Waals surface area contributed by atoms with Crippen molar-refractivity contribution in [3.63, 3.8) is 0 Å². The second-order valence-corrected chi connectivity index (χ2v) is 5.56. The highest BCUT2D eigenvalue weighted by Crippen LogP contribution is 2.20. The minimum atomic E-state index is -0.593. The molecule has 5 nitrogen and oxygen atoms in total. The molecule has 0 saturated heterocycles. The summed E-state index contributed by atoms with van der Waals surface area (Å²) in [5, 5.41) is 12.3. The van der Waals surface area contributed by atoms with E-state index in [0.717, 1.165) is 0 Å². The topological polar surface area (TPSA) is 82.2 Å². The Kier molecular flexibility index (Phi) is 4.67. The maximum Gasteiger partial charge on any atom is 0.267 e. The Labute approximate surface area is 106 Å². The molecule has 1 rings (SSSR count). The van der Waals surface area contributed by atoms with Gasteiger partial charge in [-0.15, -0.1) is 0 Å². The Morgan fingerprint density at radius 3 is 2.67 bits per heavy atom. The average Bonchev–Trinajstić information content (AvgIpc) is 2.23. The number of pyridine rings is 1. The molecule has 0 aliphatic heterocycles. The number of carbonyl (C=O) groups is 1. The van der Waals surface area contributed by atoms with E-state index in [1.165, 1.54) is 18.2 Å². The van der Waals surface area contributed by atoms with Crippen LogP contribution in [0.5, 0.6) is 0 Å². The number of aromatic nitrogens is 1. The first kappa shape index (κ1) is 14.4. The lowest BCUT2D eigenvalue weighted by molar-refractivity contribution is 0.0864. The largest absolute Gasteiger partial charge is 0.391 e. The van der Waals surface area contributed by atoms with Gasteiger partial charge in [-0.25, -0.2) is 0 Å². The molecule has 0 saturated carbocycles. The Bertz CT molecular complexity index is 460. The lowest BCUT2D eigenvalue weighted by Gasteiger charge is -2.22. The van der Waals surface area contributed by atoms with Crippen molar-refractivity contribution in [3.8, 4) is 0 Å². The van der Waals surface area contributed by atoms with Crippen molar-refractivity contribution in [2.24, 2.45) is 5.41 Å². The van der Waals surface area contributed by atoms with Gasteiger partial charge in [0.25, 0.3) is 5.91 Å². The van der Waals surface area contributed by atoms with Gasteiger partial charge in [-0.2, -0.15) is 0 Å². The lowest BCUT2D eigenvalue weighted by atomic mass is 9.89. The second kappa shape index (κ2) is 5.82. The molecular formula is C13H20N2O3. The van der Waals surface area contributed by atoms with Gasteiger partial charge in [0.15, 0.2) is 0 Å². The maximum absolute atomic E-state index is 11.7. The predicted octanol–water partition coefficient (Wildman–Crippen LogP) is 0.902. The molecular weight excluding hydrogens is 232 g/mol. The van der Waals surface area contributed by atoms with Crippen LogP contribution < -0.4 is 10.9 Å². The number of H-pyrrole nitrogens is 1. The number of rotatable bonds is 4. The zero-order valence-corrected chi connectivity index (χ0v) is 11.0. The number of aliphatic hydroxyl groups excluding tert-OH is 1. The highest BCUT2D eigenvalue weighted by Gasteiger charge is 2.17. The molecule has 3 N–H and O–H groups in total. The van der Waals surface area contributed by atoms with Crippen molar-refractivity contribution in [2.75, 3.05) is 6.54 Å². The van der Waals surface area contributed by atoms with E-state index >= 15 is 0 Å². The number of aliphatic hydroxyl groups is 1. The van der Waals surface area contributed by atoms with Gasteiger partial charge in [-0.3, -0.25) is 9.59 Å². The zero-order valence-electron chi connectivity index (χ0n) is 11.0. The molecule has 100 valence electrons. The van der Waals surface area contributed by atoms with Crippen molar-refractivity contribution in [1.29, 1.82) is 0 Å². The first-order valence-corrected chi connectivity index (χ1v) is 5.93. The number of aromatic amines is 1. The van der Waals surface area contributed by atoms with E-state index in [0.29, 0.717) is 6.42 Å². The highest BCUT2D eigenvalue weighted by atomic mass is 16.3. The van der Waals surface area contributed by atoms with Crippen molar-refractivity contribution >= 4 is 5.91 Å². The number of carbonyl (C=O) groups excluding carboxylic acids is 1. The Hall–Kier alpha value is -1.62. The van der Waals surface area contributed by atoms with Crippen LogP contribution in [-0.2, 0) is 0 Å². The average molecular weight is 252 g/mol. The number of hydrogen-bond acceptors (Lipinski definition) is 3. The predicted molar refractivity (Wildman–Crippen MR) is 69.5 cm³/mol. The fourth-order valence-corrected chi connectivity index (χ4v) is 1.67. The summed E-state index contributed by atoms with van der Waals surface area (Å²) in [6, 6.07) is 4.37. The van der Waals surface area contributed by atoms with Crippen LogP contribution in [0.25, 0.3) is 0 Å². The SMILES string of the molecule is CC(C)(C)CC(O)CNC(=O)c1cccc(=O)[nH]1. The number of hydrogen-bond donors (Lipinski definition) is 3. The van der Waals surface area contributed by atoms with Crippen LogP contribution in [0, 0.1) is 5.41 Å². The second-order valence-electron chi connectivity index (χ2n) is 5.56. The van der Waals surface area contributed by atoms with Crippen LogP contribution in [0.2, 0.25) is 0 Å². The van der Waals surface area contributed by atoms with E-state index < -0.39 is 6.10 Å². The third-order valence-electron chi connectivity index (χ3n) is 2.36. The fraction of sp³-hybridized carbons (Fsp3) is 0.538. The molecule has 1 atom stereocenters. The molecule has 0 radical (unpaired) electrons. The van der Waals surface area contributed by atoms with E-state index in [4.69, 9.17) is 0 Å². The molecule has 0 aliphatic carbocycles. The zero-order chi connectivity index (χ0) is 13.8. The molecule has 1 unspecified atom stereocenters. The van der Waals surface area contributed by atoms with E-state index in [-0.39, 0.29) is 29.1 Å². The minimum absolute atomic E-state index is 0.00516. The van der Waals surface area contributed by atoms with Crippen LogP contribution in [0.3, 0.4) is 0 Å². The van der Waals surface area contributed by atoms with Gasteiger partial charge in [-0.1, -0.05) is 26.8 Å². The summed E-state index contributed by atoms with van der Waals surface area (Å²) < 4.78 is 0. The van der Waals surface area contributed by atoms with Crippen LogP contribution >= 0.6 is 0 Å². The Balaban J connectivity index is 2.49. The van der Waals surface area contributed by atoms with Crippen LogP contribution in [0.4, 0.5) is 0 Å². The molecule has 1 heterocycles. The van der Waals surface area contributed by atoms with Gasteiger partial charge >= 0.3 is 0 Å². The lowest BCUT2D eigenvalue weighted by Crippen LogP contribution is -2.35. The summed E-state index contributed by atoms with van der Waals surface area (Å²) in [4.78, 5) is 25.1. The van der Waals surface area contributed by atoms with Crippen molar-refractivity contribution in [1.82, 2.24) is 10.3 Å². The summed E-state index contributed by atoms with van der Waals surface area (Å²) in [7, 11) is 0. The molecule has 18 heavy (non-hydrogen) atoms. The summed E-state index contributed by atoms with van der Waals surface area (Å²) in [5.74, 6) is -0.388. The fourth-order valence-electron chi connectivity index (χ4n) is 1.67. The first-order chi connectivity index (χ1) is 8.28. The van der Waals surface area contributed by atoms with E-state index in [1.807, 2.05) is 20.8 Å². The summed E-state index contributed by atoms with van der Waals surface area (Å²) in [6.07, 6.45) is 0.00266. The normalized spacial score (nSPS) is 13.1.